The number of allylic oxidation sites excluding steroid dienone is 1. The van der Waals surface area contributed by atoms with Crippen LogP contribution in [0.1, 0.15) is 43.7 Å². The third-order valence-corrected chi connectivity index (χ3v) is 3.20. The van der Waals surface area contributed by atoms with Crippen LogP contribution in [0.25, 0.3) is 0 Å². The van der Waals surface area contributed by atoms with Crippen molar-refractivity contribution in [2.24, 2.45) is 5.73 Å². The van der Waals surface area contributed by atoms with Crippen molar-refractivity contribution in [3.63, 3.8) is 0 Å². The number of hydrogen-bond donors (Lipinski definition) is 1. The van der Waals surface area contributed by atoms with Crippen molar-refractivity contribution in [2.45, 2.75) is 38.1 Å². The van der Waals surface area contributed by atoms with Gasteiger partial charge in [-0.2, -0.15) is 0 Å². The highest BCUT2D eigenvalue weighted by Crippen LogP contribution is 2.27. The number of nitrogens with two attached hydrogens (primary N) is 1. The van der Waals surface area contributed by atoms with Crippen molar-refractivity contribution in [3.05, 3.63) is 47.3 Å². The molecule has 0 aliphatic carbocycles. The van der Waals surface area contributed by atoms with E-state index >= 15 is 0 Å². The van der Waals surface area contributed by atoms with Crippen LogP contribution in [0.2, 0.25) is 5.02 Å². The minimum absolute atomic E-state index is 0.158. The second-order valence-electron chi connectivity index (χ2n) is 4.18. The van der Waals surface area contributed by atoms with Gasteiger partial charge in [-0.1, -0.05) is 42.7 Å². The minimum Gasteiger partial charge on any atom is -0.324 e. The van der Waals surface area contributed by atoms with E-state index in [0.29, 0.717) is 5.56 Å². The van der Waals surface area contributed by atoms with Gasteiger partial charge in [-0.25, -0.2) is 4.39 Å². The molecule has 0 aliphatic heterocycles. The molecule has 0 amide bonds. The van der Waals surface area contributed by atoms with Crippen molar-refractivity contribution in [2.75, 3.05) is 0 Å². The Hall–Kier alpha value is -0.860. The highest BCUT2D eigenvalue weighted by Gasteiger charge is 2.12. The van der Waals surface area contributed by atoms with Gasteiger partial charge < -0.3 is 5.73 Å². The van der Waals surface area contributed by atoms with Gasteiger partial charge in [-0.3, -0.25) is 0 Å². The van der Waals surface area contributed by atoms with Crippen LogP contribution < -0.4 is 5.73 Å². The topological polar surface area (TPSA) is 26.0 Å². The van der Waals surface area contributed by atoms with E-state index in [0.717, 1.165) is 32.1 Å². The molecule has 1 aromatic rings. The van der Waals surface area contributed by atoms with Crippen LogP contribution in [0, 0.1) is 5.82 Å². The summed E-state index contributed by atoms with van der Waals surface area (Å²) in [4.78, 5) is 0. The molecule has 0 radical (unpaired) electrons. The summed E-state index contributed by atoms with van der Waals surface area (Å²) in [5.41, 5.74) is 6.71. The van der Waals surface area contributed by atoms with E-state index in [9.17, 15) is 4.39 Å². The monoisotopic (exact) mass is 255 g/mol. The third kappa shape index (κ3) is 4.49. The molecule has 0 heterocycles. The zero-order valence-corrected chi connectivity index (χ0v) is 10.7. The molecule has 0 spiro atoms. The van der Waals surface area contributed by atoms with Gasteiger partial charge in [0.2, 0.25) is 0 Å². The van der Waals surface area contributed by atoms with Gasteiger partial charge in [0.05, 0.1) is 5.02 Å². The molecule has 0 aliphatic rings. The standard InChI is InChI=1S/C14H19ClFN/c1-2-3-4-5-6-10-13(17)11-8-7-9-12(16)14(11)15/h2,7-9,13H,1,3-6,10,17H2. The molecule has 1 aromatic carbocycles. The molecule has 1 nitrogen and oxygen atoms in total. The summed E-state index contributed by atoms with van der Waals surface area (Å²) in [6.07, 6.45) is 7.07. The van der Waals surface area contributed by atoms with E-state index < -0.39 is 5.82 Å². The van der Waals surface area contributed by atoms with Gasteiger partial charge in [0.1, 0.15) is 5.82 Å². The number of benzene rings is 1. The van der Waals surface area contributed by atoms with Crippen molar-refractivity contribution < 1.29 is 4.39 Å². The van der Waals surface area contributed by atoms with E-state index in [1.54, 1.807) is 12.1 Å². The maximum Gasteiger partial charge on any atom is 0.142 e. The molecule has 0 saturated carbocycles. The Morgan fingerprint density at radius 3 is 2.82 bits per heavy atom. The molecule has 0 fully saturated rings. The van der Waals surface area contributed by atoms with Crippen LogP contribution in [0.3, 0.4) is 0 Å². The highest BCUT2D eigenvalue weighted by molar-refractivity contribution is 6.31. The molecular formula is C14H19ClFN. The molecule has 0 bridgehead atoms. The Kier molecular flexibility index (Phi) is 6.23. The van der Waals surface area contributed by atoms with Gasteiger partial charge in [0, 0.05) is 6.04 Å². The second kappa shape index (κ2) is 7.46. The molecule has 3 heteroatoms. The molecular weight excluding hydrogens is 237 g/mol. The lowest BCUT2D eigenvalue weighted by Crippen LogP contribution is -2.11. The molecule has 94 valence electrons. The summed E-state index contributed by atoms with van der Waals surface area (Å²) in [6.45, 7) is 3.68. The summed E-state index contributed by atoms with van der Waals surface area (Å²) in [6, 6.07) is 4.61. The molecule has 0 saturated heterocycles. The van der Waals surface area contributed by atoms with E-state index in [1.165, 1.54) is 6.07 Å². The second-order valence-corrected chi connectivity index (χ2v) is 4.55. The molecule has 0 aromatic heterocycles. The Morgan fingerprint density at radius 2 is 2.12 bits per heavy atom. The quantitative estimate of drug-likeness (QED) is 0.559. The molecule has 2 N–H and O–H groups in total. The Morgan fingerprint density at radius 1 is 1.35 bits per heavy atom. The van der Waals surface area contributed by atoms with Crippen molar-refractivity contribution in [3.8, 4) is 0 Å². The lowest BCUT2D eigenvalue weighted by molar-refractivity contribution is 0.566. The first-order valence-electron chi connectivity index (χ1n) is 5.97. The Bertz CT molecular complexity index is 365. The number of halogens is 2. The Labute approximate surface area is 107 Å². The molecule has 1 atom stereocenters. The van der Waals surface area contributed by atoms with Gasteiger partial charge in [-0.15, -0.1) is 6.58 Å². The van der Waals surface area contributed by atoms with Crippen LogP contribution in [0.15, 0.2) is 30.9 Å². The SMILES string of the molecule is C=CCCCCCC(N)c1cccc(F)c1Cl. The van der Waals surface area contributed by atoms with Crippen molar-refractivity contribution in [1.82, 2.24) is 0 Å². The van der Waals surface area contributed by atoms with E-state index in [1.807, 2.05) is 6.08 Å². The normalized spacial score (nSPS) is 12.4. The van der Waals surface area contributed by atoms with Gasteiger partial charge in [0.15, 0.2) is 0 Å². The van der Waals surface area contributed by atoms with E-state index in [2.05, 4.69) is 6.58 Å². The summed E-state index contributed by atoms with van der Waals surface area (Å²) in [5, 5.41) is 0.158. The van der Waals surface area contributed by atoms with Crippen LogP contribution in [0.4, 0.5) is 4.39 Å². The van der Waals surface area contributed by atoms with Crippen LogP contribution >= 0.6 is 11.6 Å². The summed E-state index contributed by atoms with van der Waals surface area (Å²) in [7, 11) is 0. The Balaban J connectivity index is 2.44. The summed E-state index contributed by atoms with van der Waals surface area (Å²) < 4.78 is 13.2. The predicted octanol–water partition coefficient (Wildman–Crippen LogP) is 4.62. The maximum atomic E-state index is 13.2. The van der Waals surface area contributed by atoms with Crippen LogP contribution in [-0.4, -0.2) is 0 Å². The van der Waals surface area contributed by atoms with Crippen molar-refractivity contribution >= 4 is 11.6 Å². The van der Waals surface area contributed by atoms with Crippen LogP contribution in [0.5, 0.6) is 0 Å². The summed E-state index contributed by atoms with van der Waals surface area (Å²) >= 11 is 5.88. The fraction of sp³-hybridized carbons (Fsp3) is 0.429. The lowest BCUT2D eigenvalue weighted by Gasteiger charge is -2.13. The molecule has 1 rings (SSSR count). The maximum absolute atomic E-state index is 13.2. The first-order valence-corrected chi connectivity index (χ1v) is 6.35. The first-order chi connectivity index (χ1) is 8.16. The van der Waals surface area contributed by atoms with E-state index in [-0.39, 0.29) is 11.1 Å². The van der Waals surface area contributed by atoms with Crippen LogP contribution in [-0.2, 0) is 0 Å². The number of rotatable bonds is 7. The molecule has 17 heavy (non-hydrogen) atoms. The zero-order chi connectivity index (χ0) is 12.7. The fourth-order valence-electron chi connectivity index (χ4n) is 1.79. The fourth-order valence-corrected chi connectivity index (χ4v) is 2.06. The van der Waals surface area contributed by atoms with Gasteiger partial charge >= 0.3 is 0 Å². The number of unbranched alkanes of at least 4 members (excludes halogenated alkanes) is 3. The van der Waals surface area contributed by atoms with Gasteiger partial charge in [0.25, 0.3) is 0 Å². The van der Waals surface area contributed by atoms with Crippen molar-refractivity contribution in [1.29, 1.82) is 0 Å². The highest BCUT2D eigenvalue weighted by atomic mass is 35.5. The minimum atomic E-state index is -0.397. The predicted molar refractivity (Wildman–Crippen MR) is 71.6 cm³/mol. The average Bonchev–Trinajstić information content (AvgIpc) is 2.32. The number of hydrogen-bond acceptors (Lipinski definition) is 1. The summed E-state index contributed by atoms with van der Waals surface area (Å²) in [5.74, 6) is -0.397. The zero-order valence-electron chi connectivity index (χ0n) is 9.96. The van der Waals surface area contributed by atoms with E-state index in [4.69, 9.17) is 17.3 Å². The van der Waals surface area contributed by atoms with Gasteiger partial charge in [-0.05, 0) is 30.9 Å². The first kappa shape index (κ1) is 14.2. The lowest BCUT2D eigenvalue weighted by atomic mass is 10.0. The average molecular weight is 256 g/mol. The third-order valence-electron chi connectivity index (χ3n) is 2.80. The molecule has 1 unspecified atom stereocenters. The smallest absolute Gasteiger partial charge is 0.142 e. The largest absolute Gasteiger partial charge is 0.324 e.